The van der Waals surface area contributed by atoms with Crippen LogP contribution in [0, 0.1) is 12.7 Å². The molecule has 0 atom stereocenters. The number of aryl methyl sites for hydroxylation is 1. The number of nitrogens with zero attached hydrogens (tertiary/aromatic N) is 3. The summed E-state index contributed by atoms with van der Waals surface area (Å²) in [5.74, 6) is -0.538. The Hall–Kier alpha value is -2.74. The summed E-state index contributed by atoms with van der Waals surface area (Å²) >= 11 is 1.22. The Bertz CT molecular complexity index is 1170. The lowest BCUT2D eigenvalue weighted by Crippen LogP contribution is -2.43. The molecular formula is C20H20FN3O3S. The van der Waals surface area contributed by atoms with Crippen LogP contribution in [0.15, 0.2) is 39.2 Å². The van der Waals surface area contributed by atoms with Crippen LogP contribution in [0.25, 0.3) is 15.9 Å². The Morgan fingerprint density at radius 1 is 1.14 bits per heavy atom. The highest BCUT2D eigenvalue weighted by Crippen LogP contribution is 2.18. The molecule has 0 unspecified atom stereocenters. The lowest BCUT2D eigenvalue weighted by Gasteiger charge is -2.27. The zero-order chi connectivity index (χ0) is 19.8. The highest BCUT2D eigenvalue weighted by molar-refractivity contribution is 7.17. The molecule has 0 saturated carbocycles. The number of fused-ring (bicyclic) bond motifs is 1. The number of likely N-dealkylation sites (tertiary alicyclic amines) is 1. The Morgan fingerprint density at radius 2 is 1.89 bits per heavy atom. The van der Waals surface area contributed by atoms with Crippen LogP contribution in [0.1, 0.15) is 24.8 Å². The molecule has 6 nitrogen and oxygen atoms in total. The molecule has 1 saturated heterocycles. The Kier molecular flexibility index (Phi) is 4.89. The molecule has 0 spiro atoms. The van der Waals surface area contributed by atoms with E-state index in [2.05, 4.69) is 0 Å². The van der Waals surface area contributed by atoms with Gasteiger partial charge in [-0.15, -0.1) is 11.3 Å². The highest BCUT2D eigenvalue weighted by Gasteiger charge is 2.21. The third kappa shape index (κ3) is 3.17. The van der Waals surface area contributed by atoms with Gasteiger partial charge in [0.05, 0.1) is 11.2 Å². The Balaban J connectivity index is 1.85. The number of amides is 1. The average molecular weight is 401 g/mol. The molecule has 4 rings (SSSR count). The van der Waals surface area contributed by atoms with Crippen LogP contribution in [0.4, 0.5) is 4.39 Å². The smallest absolute Gasteiger partial charge is 0.336 e. The Labute approximate surface area is 164 Å². The fraction of sp³-hybridized carbons (Fsp3) is 0.350. The number of carbonyl (C=O) groups excluding carboxylic acids is 1. The van der Waals surface area contributed by atoms with Gasteiger partial charge in [-0.3, -0.25) is 14.2 Å². The van der Waals surface area contributed by atoms with E-state index in [-0.39, 0.29) is 12.5 Å². The van der Waals surface area contributed by atoms with Crippen LogP contribution in [0.5, 0.6) is 0 Å². The highest BCUT2D eigenvalue weighted by atomic mass is 32.1. The van der Waals surface area contributed by atoms with E-state index in [1.54, 1.807) is 23.3 Å². The SMILES string of the molecule is Cc1cc(-n2c(=O)c3sccc3n(CC(=O)N3CCCCC3)c2=O)ccc1F. The normalized spacial score (nSPS) is 14.6. The molecule has 146 valence electrons. The van der Waals surface area contributed by atoms with E-state index in [0.29, 0.717) is 34.6 Å². The van der Waals surface area contributed by atoms with Gasteiger partial charge in [-0.25, -0.2) is 13.8 Å². The van der Waals surface area contributed by atoms with E-state index in [1.165, 1.54) is 34.1 Å². The lowest BCUT2D eigenvalue weighted by atomic mass is 10.1. The van der Waals surface area contributed by atoms with E-state index in [1.807, 2.05) is 0 Å². The van der Waals surface area contributed by atoms with Gasteiger partial charge >= 0.3 is 5.69 Å². The molecular weight excluding hydrogens is 381 g/mol. The van der Waals surface area contributed by atoms with Gasteiger partial charge in [-0.2, -0.15) is 0 Å². The molecule has 3 aromatic rings. The molecule has 2 aromatic heterocycles. The van der Waals surface area contributed by atoms with E-state index in [0.717, 1.165) is 23.8 Å². The van der Waals surface area contributed by atoms with Gasteiger partial charge in [0.15, 0.2) is 0 Å². The first-order valence-electron chi connectivity index (χ1n) is 9.25. The van der Waals surface area contributed by atoms with Crippen molar-refractivity contribution in [1.82, 2.24) is 14.0 Å². The summed E-state index contributed by atoms with van der Waals surface area (Å²) in [6.07, 6.45) is 3.03. The van der Waals surface area contributed by atoms with Crippen molar-refractivity contribution in [3.63, 3.8) is 0 Å². The van der Waals surface area contributed by atoms with Crippen LogP contribution in [0.3, 0.4) is 0 Å². The number of hydrogen-bond acceptors (Lipinski definition) is 4. The van der Waals surface area contributed by atoms with Gasteiger partial charge in [-0.05, 0) is 61.4 Å². The third-order valence-electron chi connectivity index (χ3n) is 5.16. The minimum absolute atomic E-state index is 0.119. The molecule has 0 N–H and O–H groups in total. The number of benzene rings is 1. The molecule has 1 aliphatic rings. The van der Waals surface area contributed by atoms with Crippen molar-refractivity contribution in [1.29, 1.82) is 0 Å². The van der Waals surface area contributed by atoms with Crippen LogP contribution in [0.2, 0.25) is 0 Å². The number of piperidine rings is 1. The summed E-state index contributed by atoms with van der Waals surface area (Å²) in [6.45, 7) is 2.84. The first kappa shape index (κ1) is 18.6. The van der Waals surface area contributed by atoms with Crippen molar-refractivity contribution < 1.29 is 9.18 Å². The molecule has 1 aromatic carbocycles. The molecule has 1 fully saturated rings. The standard InChI is InChI=1S/C20H20FN3O3S/c1-13-11-14(5-6-15(13)21)24-19(26)18-16(7-10-28-18)23(20(24)27)12-17(25)22-8-3-2-4-9-22/h5-7,10-11H,2-4,8-9,12H2,1H3. The fourth-order valence-electron chi connectivity index (χ4n) is 3.61. The second-order valence-corrected chi connectivity index (χ2v) is 7.94. The fourth-order valence-corrected chi connectivity index (χ4v) is 4.44. The van der Waals surface area contributed by atoms with Crippen molar-refractivity contribution >= 4 is 27.5 Å². The zero-order valence-electron chi connectivity index (χ0n) is 15.5. The maximum absolute atomic E-state index is 13.7. The van der Waals surface area contributed by atoms with Gasteiger partial charge in [0.25, 0.3) is 5.56 Å². The van der Waals surface area contributed by atoms with Gasteiger partial charge in [0, 0.05) is 13.1 Å². The van der Waals surface area contributed by atoms with Crippen LogP contribution in [-0.4, -0.2) is 33.0 Å². The van der Waals surface area contributed by atoms with E-state index >= 15 is 0 Å². The predicted molar refractivity (Wildman–Crippen MR) is 107 cm³/mol. The second kappa shape index (κ2) is 7.35. The van der Waals surface area contributed by atoms with E-state index in [9.17, 15) is 18.8 Å². The predicted octanol–water partition coefficient (Wildman–Crippen LogP) is 2.67. The topological polar surface area (TPSA) is 64.3 Å². The average Bonchev–Trinajstić information content (AvgIpc) is 3.18. The van der Waals surface area contributed by atoms with Crippen LogP contribution >= 0.6 is 11.3 Å². The minimum atomic E-state index is -0.590. The Morgan fingerprint density at radius 3 is 2.61 bits per heavy atom. The number of carbonyl (C=O) groups is 1. The van der Waals surface area contributed by atoms with Crippen molar-refractivity contribution in [2.24, 2.45) is 0 Å². The van der Waals surface area contributed by atoms with Crippen molar-refractivity contribution in [3.8, 4) is 5.69 Å². The largest absolute Gasteiger partial charge is 0.341 e. The molecule has 8 heteroatoms. The number of halogens is 1. The molecule has 0 radical (unpaired) electrons. The van der Waals surface area contributed by atoms with Gasteiger partial charge in [0.1, 0.15) is 17.1 Å². The molecule has 1 amide bonds. The summed E-state index contributed by atoms with van der Waals surface area (Å²) < 4.78 is 16.4. The summed E-state index contributed by atoms with van der Waals surface area (Å²) in [4.78, 5) is 40.6. The maximum Gasteiger partial charge on any atom is 0.336 e. The summed E-state index contributed by atoms with van der Waals surface area (Å²) in [6, 6.07) is 5.79. The first-order chi connectivity index (χ1) is 13.5. The van der Waals surface area contributed by atoms with E-state index in [4.69, 9.17) is 0 Å². The van der Waals surface area contributed by atoms with E-state index < -0.39 is 17.1 Å². The monoisotopic (exact) mass is 401 g/mol. The van der Waals surface area contributed by atoms with Crippen molar-refractivity contribution in [2.75, 3.05) is 13.1 Å². The molecule has 0 bridgehead atoms. The quantitative estimate of drug-likeness (QED) is 0.678. The zero-order valence-corrected chi connectivity index (χ0v) is 16.3. The van der Waals surface area contributed by atoms with Gasteiger partial charge in [0.2, 0.25) is 5.91 Å². The number of rotatable bonds is 3. The molecule has 28 heavy (non-hydrogen) atoms. The minimum Gasteiger partial charge on any atom is -0.341 e. The number of aromatic nitrogens is 2. The summed E-state index contributed by atoms with van der Waals surface area (Å²) in [5.41, 5.74) is 0.0461. The third-order valence-corrected chi connectivity index (χ3v) is 6.05. The first-order valence-corrected chi connectivity index (χ1v) is 10.1. The van der Waals surface area contributed by atoms with Crippen molar-refractivity contribution in [2.45, 2.75) is 32.7 Å². The molecule has 0 aliphatic carbocycles. The van der Waals surface area contributed by atoms with Gasteiger partial charge in [-0.1, -0.05) is 0 Å². The van der Waals surface area contributed by atoms with Crippen LogP contribution in [-0.2, 0) is 11.3 Å². The summed E-state index contributed by atoms with van der Waals surface area (Å²) in [7, 11) is 0. The summed E-state index contributed by atoms with van der Waals surface area (Å²) in [5, 5.41) is 1.73. The van der Waals surface area contributed by atoms with Crippen molar-refractivity contribution in [3.05, 3.63) is 61.9 Å². The molecule has 1 aliphatic heterocycles. The number of thiophene rings is 1. The number of hydrogen-bond donors (Lipinski definition) is 0. The van der Waals surface area contributed by atoms with Gasteiger partial charge < -0.3 is 4.90 Å². The lowest BCUT2D eigenvalue weighted by molar-refractivity contribution is -0.132. The molecule has 3 heterocycles. The second-order valence-electron chi connectivity index (χ2n) is 7.02. The van der Waals surface area contributed by atoms with Crippen LogP contribution < -0.4 is 11.2 Å². The maximum atomic E-state index is 13.7.